The summed E-state index contributed by atoms with van der Waals surface area (Å²) in [6.45, 7) is 0.316. The van der Waals surface area contributed by atoms with Crippen LogP contribution in [0.2, 0.25) is 0 Å². The smallest absolute Gasteiger partial charge is 0.269 e. The highest BCUT2D eigenvalue weighted by Gasteiger charge is 2.19. The van der Waals surface area contributed by atoms with Crippen LogP contribution in [0.25, 0.3) is 0 Å². The summed E-state index contributed by atoms with van der Waals surface area (Å²) in [6, 6.07) is 5.38. The highest BCUT2D eigenvalue weighted by molar-refractivity contribution is 5.43. The molecular weight excluding hydrogens is 266 g/mol. The van der Waals surface area contributed by atoms with Gasteiger partial charge in [-0.2, -0.15) is 5.26 Å². The van der Waals surface area contributed by atoms with Crippen molar-refractivity contribution >= 4 is 0 Å². The Morgan fingerprint density at radius 1 is 1.33 bits per heavy atom. The van der Waals surface area contributed by atoms with Crippen LogP contribution in [-0.2, 0) is 26.4 Å². The van der Waals surface area contributed by atoms with E-state index in [4.69, 9.17) is 0 Å². The van der Waals surface area contributed by atoms with Gasteiger partial charge >= 0.3 is 0 Å². The summed E-state index contributed by atoms with van der Waals surface area (Å²) in [5.41, 5.74) is 2.63. The molecule has 2 aromatic heterocycles. The van der Waals surface area contributed by atoms with Gasteiger partial charge in [-0.15, -0.1) is 0 Å². The van der Waals surface area contributed by atoms with Crippen molar-refractivity contribution in [3.8, 4) is 6.07 Å². The molecule has 0 amide bonds. The van der Waals surface area contributed by atoms with Gasteiger partial charge in [0.05, 0.1) is 6.54 Å². The van der Waals surface area contributed by atoms with E-state index in [0.29, 0.717) is 6.54 Å². The van der Waals surface area contributed by atoms with Crippen molar-refractivity contribution in [3.05, 3.63) is 67.5 Å². The molecule has 0 saturated carbocycles. The maximum Gasteiger partial charge on any atom is 0.269 e. The molecule has 0 atom stereocenters. The third-order valence-electron chi connectivity index (χ3n) is 3.98. The average Bonchev–Trinajstić information content (AvgIpc) is 2.91. The number of hydrogen-bond donors (Lipinski definition) is 0. The number of aromatic nitrogens is 2. The number of fused-ring (bicyclic) bond motifs is 1. The number of rotatable bonds is 2. The Morgan fingerprint density at radius 2 is 2.14 bits per heavy atom. The lowest BCUT2D eigenvalue weighted by Gasteiger charge is -2.10. The van der Waals surface area contributed by atoms with Gasteiger partial charge in [-0.25, -0.2) is 0 Å². The van der Waals surface area contributed by atoms with Crippen LogP contribution in [0, 0.1) is 11.3 Å². The number of nitriles is 1. The Morgan fingerprint density at radius 3 is 2.86 bits per heavy atom. The molecule has 0 aliphatic heterocycles. The fourth-order valence-corrected chi connectivity index (χ4v) is 2.83. The normalized spacial score (nSPS) is 13.0. The molecule has 0 unspecified atom stereocenters. The fourth-order valence-electron chi connectivity index (χ4n) is 2.83. The third-order valence-corrected chi connectivity index (χ3v) is 3.98. The van der Waals surface area contributed by atoms with Crippen molar-refractivity contribution in [2.75, 3.05) is 0 Å². The first-order valence-corrected chi connectivity index (χ1v) is 6.91. The van der Waals surface area contributed by atoms with Crippen molar-refractivity contribution in [1.82, 2.24) is 9.13 Å². The van der Waals surface area contributed by atoms with E-state index in [0.717, 1.165) is 36.0 Å². The van der Waals surface area contributed by atoms with E-state index >= 15 is 0 Å². The van der Waals surface area contributed by atoms with Gasteiger partial charge < -0.3 is 9.13 Å². The molecule has 0 aromatic carbocycles. The summed E-state index contributed by atoms with van der Waals surface area (Å²) in [6.07, 6.45) is 6.21. The minimum atomic E-state index is -0.265. The molecule has 0 saturated heterocycles. The van der Waals surface area contributed by atoms with E-state index in [9.17, 15) is 14.9 Å². The lowest BCUT2D eigenvalue weighted by molar-refractivity contribution is 0.738. The van der Waals surface area contributed by atoms with Crippen molar-refractivity contribution in [2.45, 2.75) is 25.8 Å². The molecule has 106 valence electrons. The molecule has 1 aliphatic rings. The largest absolute Gasteiger partial charge is 0.319 e. The molecule has 2 aromatic rings. The maximum atomic E-state index is 12.4. The molecule has 5 heteroatoms. The monoisotopic (exact) mass is 281 g/mol. The zero-order chi connectivity index (χ0) is 15.0. The highest BCUT2D eigenvalue weighted by Crippen LogP contribution is 2.22. The van der Waals surface area contributed by atoms with E-state index in [1.807, 2.05) is 18.3 Å². The Kier molecular flexibility index (Phi) is 3.22. The fraction of sp³-hybridized carbons (Fsp3) is 0.312. The Hall–Kier alpha value is -2.61. The lowest BCUT2D eigenvalue weighted by Crippen LogP contribution is -2.25. The van der Waals surface area contributed by atoms with Gasteiger partial charge in [0.25, 0.3) is 11.1 Å². The van der Waals surface area contributed by atoms with Gasteiger partial charge in [0.1, 0.15) is 11.6 Å². The second-order valence-corrected chi connectivity index (χ2v) is 5.39. The van der Waals surface area contributed by atoms with Crippen molar-refractivity contribution < 1.29 is 0 Å². The first-order chi connectivity index (χ1) is 10.1. The Balaban J connectivity index is 2.07. The Labute approximate surface area is 121 Å². The molecule has 0 N–H and O–H groups in total. The molecule has 3 rings (SSSR count). The molecule has 0 bridgehead atoms. The lowest BCUT2D eigenvalue weighted by atomic mass is 10.1. The standard InChI is InChI=1S/C16H15N3O2/c1-18-6-5-11(7-15(18)20)9-19-10-12-3-2-4-13(12)14(8-17)16(19)21/h5-7,10H,2-4,9H2,1H3. The minimum absolute atomic E-state index is 0.109. The zero-order valence-corrected chi connectivity index (χ0v) is 11.8. The molecule has 0 radical (unpaired) electrons. The number of aryl methyl sites for hydroxylation is 2. The van der Waals surface area contributed by atoms with Crippen molar-refractivity contribution in [1.29, 1.82) is 5.26 Å². The molecular formula is C16H15N3O2. The van der Waals surface area contributed by atoms with Gasteiger partial charge in [-0.1, -0.05) is 0 Å². The van der Waals surface area contributed by atoms with Gasteiger partial charge in [0, 0.05) is 25.5 Å². The maximum absolute atomic E-state index is 12.4. The molecule has 2 heterocycles. The van der Waals surface area contributed by atoms with Crippen LogP contribution in [0.4, 0.5) is 0 Å². The quantitative estimate of drug-likeness (QED) is 0.823. The summed E-state index contributed by atoms with van der Waals surface area (Å²) >= 11 is 0. The Bertz CT molecular complexity index is 869. The van der Waals surface area contributed by atoms with Gasteiger partial charge in [-0.05, 0) is 42.0 Å². The predicted octanol–water partition coefficient (Wildman–Crippen LogP) is 0.956. The van der Waals surface area contributed by atoms with E-state index < -0.39 is 0 Å². The van der Waals surface area contributed by atoms with E-state index in [1.54, 1.807) is 13.2 Å². The summed E-state index contributed by atoms with van der Waals surface area (Å²) in [5, 5.41) is 9.24. The number of hydrogen-bond acceptors (Lipinski definition) is 3. The SMILES string of the molecule is Cn1ccc(Cn2cc3c(c(C#N)c2=O)CCC3)cc1=O. The number of nitrogens with zero attached hydrogens (tertiary/aromatic N) is 3. The molecule has 21 heavy (non-hydrogen) atoms. The van der Waals surface area contributed by atoms with Gasteiger partial charge in [0.2, 0.25) is 0 Å². The van der Waals surface area contributed by atoms with E-state index in [1.165, 1.54) is 15.2 Å². The van der Waals surface area contributed by atoms with Crippen LogP contribution in [0.15, 0.2) is 34.1 Å². The number of pyridine rings is 2. The minimum Gasteiger partial charge on any atom is -0.319 e. The van der Waals surface area contributed by atoms with E-state index in [-0.39, 0.29) is 16.7 Å². The molecule has 0 fully saturated rings. The second kappa shape index (κ2) is 5.06. The highest BCUT2D eigenvalue weighted by atomic mass is 16.1. The molecule has 5 nitrogen and oxygen atoms in total. The average molecular weight is 281 g/mol. The topological polar surface area (TPSA) is 67.8 Å². The summed E-state index contributed by atoms with van der Waals surface area (Å²) < 4.78 is 3.02. The van der Waals surface area contributed by atoms with Crippen LogP contribution in [0.1, 0.15) is 28.7 Å². The third kappa shape index (κ3) is 2.29. The van der Waals surface area contributed by atoms with Crippen LogP contribution in [0.5, 0.6) is 0 Å². The molecule has 1 aliphatic carbocycles. The van der Waals surface area contributed by atoms with Crippen LogP contribution < -0.4 is 11.1 Å². The first-order valence-electron chi connectivity index (χ1n) is 6.91. The van der Waals surface area contributed by atoms with E-state index in [2.05, 4.69) is 0 Å². The predicted molar refractivity (Wildman–Crippen MR) is 78.2 cm³/mol. The molecule has 0 spiro atoms. The van der Waals surface area contributed by atoms with Crippen molar-refractivity contribution in [2.24, 2.45) is 7.05 Å². The first kappa shape index (κ1) is 13.4. The summed E-state index contributed by atoms with van der Waals surface area (Å²) in [5.74, 6) is 0. The zero-order valence-electron chi connectivity index (χ0n) is 11.8. The van der Waals surface area contributed by atoms with Crippen LogP contribution in [0.3, 0.4) is 0 Å². The van der Waals surface area contributed by atoms with Gasteiger partial charge in [-0.3, -0.25) is 9.59 Å². The van der Waals surface area contributed by atoms with Crippen molar-refractivity contribution in [3.63, 3.8) is 0 Å². The summed E-state index contributed by atoms with van der Waals surface area (Å²) in [4.78, 5) is 24.0. The van der Waals surface area contributed by atoms with Crippen LogP contribution in [-0.4, -0.2) is 9.13 Å². The second-order valence-electron chi connectivity index (χ2n) is 5.39. The summed E-state index contributed by atoms with van der Waals surface area (Å²) in [7, 11) is 1.68. The van der Waals surface area contributed by atoms with Crippen LogP contribution >= 0.6 is 0 Å². The van der Waals surface area contributed by atoms with Gasteiger partial charge in [0.15, 0.2) is 0 Å².